The molecule has 1 aliphatic rings. The Morgan fingerprint density at radius 3 is 2.56 bits per heavy atom. The van der Waals surface area contributed by atoms with Crippen LogP contribution in [-0.2, 0) is 0 Å². The zero-order valence-electron chi connectivity index (χ0n) is 14.8. The molecule has 1 fully saturated rings. The lowest BCUT2D eigenvalue weighted by molar-refractivity contribution is 0.0724. The average molecular weight is 333 g/mol. The molecule has 128 valence electrons. The molecule has 0 radical (unpaired) electrons. The molecule has 0 bridgehead atoms. The van der Waals surface area contributed by atoms with E-state index < -0.39 is 0 Å². The number of hydrogen-bond acceptors (Lipinski definition) is 2. The Morgan fingerprint density at radius 2 is 1.80 bits per heavy atom. The Bertz CT molecular complexity index is 935. The number of amides is 1. The first-order valence-corrected chi connectivity index (χ1v) is 8.99. The number of aryl methyl sites for hydroxylation is 2. The van der Waals surface area contributed by atoms with Crippen LogP contribution in [0.15, 0.2) is 42.5 Å². The molecule has 1 saturated heterocycles. The summed E-state index contributed by atoms with van der Waals surface area (Å²) >= 11 is 0. The lowest BCUT2D eigenvalue weighted by Crippen LogP contribution is -2.35. The Balaban J connectivity index is 1.74. The number of imidazole rings is 1. The first kappa shape index (κ1) is 15.9. The molecule has 0 N–H and O–H groups in total. The smallest absolute Gasteiger partial charge is 0.253 e. The molecule has 4 rings (SSSR count). The molecule has 1 aromatic heterocycles. The van der Waals surface area contributed by atoms with Gasteiger partial charge in [0, 0.05) is 24.3 Å². The van der Waals surface area contributed by atoms with Gasteiger partial charge in [-0.1, -0.05) is 12.1 Å². The predicted molar refractivity (Wildman–Crippen MR) is 100 cm³/mol. The lowest BCUT2D eigenvalue weighted by atomic mass is 10.1. The Hall–Kier alpha value is -2.62. The van der Waals surface area contributed by atoms with Crippen LogP contribution >= 0.6 is 0 Å². The van der Waals surface area contributed by atoms with E-state index >= 15 is 0 Å². The van der Waals surface area contributed by atoms with E-state index in [1.807, 2.05) is 30.0 Å². The summed E-state index contributed by atoms with van der Waals surface area (Å²) in [6.45, 7) is 5.84. The van der Waals surface area contributed by atoms with Crippen LogP contribution in [0.25, 0.3) is 16.7 Å². The largest absolute Gasteiger partial charge is 0.339 e. The van der Waals surface area contributed by atoms with Crippen LogP contribution in [0.4, 0.5) is 0 Å². The highest BCUT2D eigenvalue weighted by atomic mass is 16.2. The Labute approximate surface area is 148 Å². The van der Waals surface area contributed by atoms with Gasteiger partial charge in [-0.05, 0) is 69.0 Å². The molecule has 0 unspecified atom stereocenters. The number of fused-ring (bicyclic) bond motifs is 1. The third kappa shape index (κ3) is 2.93. The first-order valence-electron chi connectivity index (χ1n) is 8.99. The second kappa shape index (κ2) is 6.36. The highest BCUT2D eigenvalue weighted by Gasteiger charge is 2.19. The second-order valence-electron chi connectivity index (χ2n) is 6.89. The zero-order valence-corrected chi connectivity index (χ0v) is 14.8. The molecule has 2 heterocycles. The van der Waals surface area contributed by atoms with Crippen LogP contribution in [0, 0.1) is 13.8 Å². The number of hydrogen-bond donors (Lipinski definition) is 0. The number of rotatable bonds is 2. The highest BCUT2D eigenvalue weighted by Crippen LogP contribution is 2.24. The van der Waals surface area contributed by atoms with Crippen molar-refractivity contribution in [3.05, 3.63) is 59.4 Å². The molecule has 25 heavy (non-hydrogen) atoms. The maximum Gasteiger partial charge on any atom is 0.253 e. The van der Waals surface area contributed by atoms with Gasteiger partial charge in [0.05, 0.1) is 11.0 Å². The molecular formula is C21H23N3O. The standard InChI is InChI=1S/C21H23N3O/c1-15-7-6-8-18(13-15)24-16(2)22-19-14-17(9-10-20(19)24)21(25)23-11-4-3-5-12-23/h6-10,13-14H,3-5,11-12H2,1-2H3. The summed E-state index contributed by atoms with van der Waals surface area (Å²) in [7, 11) is 0. The van der Waals surface area contributed by atoms with Gasteiger partial charge in [-0.2, -0.15) is 0 Å². The summed E-state index contributed by atoms with van der Waals surface area (Å²) in [6.07, 6.45) is 3.44. The first-order chi connectivity index (χ1) is 12.1. The van der Waals surface area contributed by atoms with Crippen molar-refractivity contribution in [2.24, 2.45) is 0 Å². The van der Waals surface area contributed by atoms with Crippen molar-refractivity contribution in [1.82, 2.24) is 14.5 Å². The summed E-state index contributed by atoms with van der Waals surface area (Å²) in [5, 5.41) is 0. The molecule has 4 nitrogen and oxygen atoms in total. The summed E-state index contributed by atoms with van der Waals surface area (Å²) < 4.78 is 2.15. The number of carbonyl (C=O) groups is 1. The van der Waals surface area contributed by atoms with E-state index in [1.165, 1.54) is 12.0 Å². The van der Waals surface area contributed by atoms with Gasteiger partial charge >= 0.3 is 0 Å². The molecule has 1 amide bonds. The van der Waals surface area contributed by atoms with E-state index in [9.17, 15) is 4.79 Å². The van der Waals surface area contributed by atoms with Crippen molar-refractivity contribution in [3.8, 4) is 5.69 Å². The Kier molecular flexibility index (Phi) is 4.04. The molecule has 0 atom stereocenters. The molecule has 1 aliphatic heterocycles. The number of benzene rings is 2. The molecule has 0 aliphatic carbocycles. The number of aromatic nitrogens is 2. The van der Waals surface area contributed by atoms with Crippen LogP contribution in [0.5, 0.6) is 0 Å². The average Bonchev–Trinajstić information content (AvgIpc) is 2.96. The quantitative estimate of drug-likeness (QED) is 0.702. The maximum atomic E-state index is 12.7. The van der Waals surface area contributed by atoms with Crippen molar-refractivity contribution < 1.29 is 4.79 Å². The predicted octanol–water partition coefficient (Wildman–Crippen LogP) is 4.27. The van der Waals surface area contributed by atoms with Gasteiger partial charge in [0.15, 0.2) is 0 Å². The molecule has 0 spiro atoms. The minimum atomic E-state index is 0.129. The van der Waals surface area contributed by atoms with Gasteiger partial charge in [0.25, 0.3) is 5.91 Å². The van der Waals surface area contributed by atoms with Crippen LogP contribution < -0.4 is 0 Å². The normalized spacial score (nSPS) is 14.9. The van der Waals surface area contributed by atoms with Gasteiger partial charge in [0.1, 0.15) is 5.82 Å². The molecule has 2 aromatic carbocycles. The van der Waals surface area contributed by atoms with Crippen LogP contribution in [-0.4, -0.2) is 33.4 Å². The fourth-order valence-corrected chi connectivity index (χ4v) is 3.71. The number of likely N-dealkylation sites (tertiary alicyclic amines) is 1. The summed E-state index contributed by atoms with van der Waals surface area (Å²) in [5.74, 6) is 1.06. The fraction of sp³-hybridized carbons (Fsp3) is 0.333. The van der Waals surface area contributed by atoms with Gasteiger partial charge in [-0.3, -0.25) is 9.36 Å². The van der Waals surface area contributed by atoms with Crippen LogP contribution in [0.3, 0.4) is 0 Å². The third-order valence-corrected chi connectivity index (χ3v) is 4.97. The van der Waals surface area contributed by atoms with E-state index in [4.69, 9.17) is 4.98 Å². The zero-order chi connectivity index (χ0) is 17.4. The fourth-order valence-electron chi connectivity index (χ4n) is 3.71. The van der Waals surface area contributed by atoms with Crippen molar-refractivity contribution in [3.63, 3.8) is 0 Å². The monoisotopic (exact) mass is 333 g/mol. The third-order valence-electron chi connectivity index (χ3n) is 4.97. The molecular weight excluding hydrogens is 310 g/mol. The van der Waals surface area contributed by atoms with E-state index in [2.05, 4.69) is 35.8 Å². The van der Waals surface area contributed by atoms with Gasteiger partial charge in [-0.15, -0.1) is 0 Å². The molecule has 3 aromatic rings. The van der Waals surface area contributed by atoms with Crippen molar-refractivity contribution in [2.45, 2.75) is 33.1 Å². The van der Waals surface area contributed by atoms with Crippen molar-refractivity contribution in [1.29, 1.82) is 0 Å². The topological polar surface area (TPSA) is 38.1 Å². The molecule has 4 heteroatoms. The minimum absolute atomic E-state index is 0.129. The maximum absolute atomic E-state index is 12.7. The Morgan fingerprint density at radius 1 is 1.00 bits per heavy atom. The van der Waals surface area contributed by atoms with Gasteiger partial charge in [0.2, 0.25) is 0 Å². The SMILES string of the molecule is Cc1cccc(-n2c(C)nc3cc(C(=O)N4CCCCC4)ccc32)c1. The number of piperidine rings is 1. The second-order valence-corrected chi connectivity index (χ2v) is 6.89. The van der Waals surface area contributed by atoms with Crippen molar-refractivity contribution >= 4 is 16.9 Å². The van der Waals surface area contributed by atoms with Gasteiger partial charge in [-0.25, -0.2) is 4.98 Å². The molecule has 0 saturated carbocycles. The summed E-state index contributed by atoms with van der Waals surface area (Å²) in [6, 6.07) is 14.3. The van der Waals surface area contributed by atoms with E-state index in [-0.39, 0.29) is 5.91 Å². The summed E-state index contributed by atoms with van der Waals surface area (Å²) in [5.41, 5.74) is 4.98. The number of carbonyl (C=O) groups excluding carboxylic acids is 1. The van der Waals surface area contributed by atoms with E-state index in [0.29, 0.717) is 0 Å². The van der Waals surface area contributed by atoms with Gasteiger partial charge < -0.3 is 4.90 Å². The minimum Gasteiger partial charge on any atom is -0.339 e. The lowest BCUT2D eigenvalue weighted by Gasteiger charge is -2.26. The van der Waals surface area contributed by atoms with E-state index in [0.717, 1.165) is 54.0 Å². The number of nitrogens with zero attached hydrogens (tertiary/aromatic N) is 3. The highest BCUT2D eigenvalue weighted by molar-refractivity contribution is 5.97. The van der Waals surface area contributed by atoms with Crippen LogP contribution in [0.1, 0.15) is 41.0 Å². The summed E-state index contributed by atoms with van der Waals surface area (Å²) in [4.78, 5) is 19.4. The van der Waals surface area contributed by atoms with Crippen LogP contribution in [0.2, 0.25) is 0 Å². The van der Waals surface area contributed by atoms with E-state index in [1.54, 1.807) is 0 Å². The van der Waals surface area contributed by atoms with Crippen molar-refractivity contribution in [2.75, 3.05) is 13.1 Å².